The zero-order valence-electron chi connectivity index (χ0n) is 57.8. The number of rotatable bonds is 36. The van der Waals surface area contributed by atoms with Gasteiger partial charge in [0.25, 0.3) is 33.4 Å². The molecule has 2 aromatic heterocycles. The van der Waals surface area contributed by atoms with E-state index in [-0.39, 0.29) is 59.2 Å². The molecule has 0 atom stereocenters. The van der Waals surface area contributed by atoms with Gasteiger partial charge in [0.1, 0.15) is 0 Å². The number of nitrogens with one attached hydrogen (secondary N) is 1. The van der Waals surface area contributed by atoms with Gasteiger partial charge in [0.2, 0.25) is 11.8 Å². The van der Waals surface area contributed by atoms with E-state index in [9.17, 15) is 39.0 Å². The minimum Gasteiger partial charge on any atom is -0.494 e. The molecule has 3 N–H and O–H groups in total. The first-order chi connectivity index (χ1) is 44.4. The topological polar surface area (TPSA) is 222 Å². The third-order valence-electron chi connectivity index (χ3n) is 19.4. The molecule has 8 rings (SSSR count). The predicted molar refractivity (Wildman–Crippen MR) is 378 cm³/mol. The van der Waals surface area contributed by atoms with Crippen molar-refractivity contribution in [3.8, 4) is 34.0 Å². The van der Waals surface area contributed by atoms with Crippen LogP contribution in [0.25, 0.3) is 65.3 Å². The highest BCUT2D eigenvalue weighted by Crippen LogP contribution is 2.41. The molecule has 2 aliphatic carbocycles. The highest BCUT2D eigenvalue weighted by atomic mass is 16.3. The van der Waals surface area contributed by atoms with E-state index in [2.05, 4.69) is 137 Å². The van der Waals surface area contributed by atoms with Gasteiger partial charge in [-0.1, -0.05) is 96.9 Å². The number of nitrogens with zero attached hydrogens (tertiary/aromatic N) is 13. The van der Waals surface area contributed by atoms with Crippen molar-refractivity contribution >= 4 is 48.8 Å². The summed E-state index contributed by atoms with van der Waals surface area (Å²) in [6.07, 6.45) is 0. The van der Waals surface area contributed by atoms with Crippen molar-refractivity contribution in [2.75, 3.05) is 162 Å². The average molecular weight is 1270 g/mol. The van der Waals surface area contributed by atoms with Gasteiger partial charge >= 0.3 is 0 Å². The molecule has 0 radical (unpaired) electrons. The first-order valence-corrected chi connectivity index (χ1v) is 34.3. The second kappa shape index (κ2) is 33.8. The van der Waals surface area contributed by atoms with Crippen molar-refractivity contribution < 1.29 is 10.2 Å². The first-order valence-electron chi connectivity index (χ1n) is 34.3. The largest absolute Gasteiger partial charge is 0.494 e. The highest BCUT2D eigenvalue weighted by Gasteiger charge is 2.31. The lowest BCUT2D eigenvalue weighted by Gasteiger charge is -2.24. The Kier molecular flexibility index (Phi) is 26.6. The average Bonchev–Trinajstić information content (AvgIpc) is 0.712. The Labute approximate surface area is 542 Å². The molecular weight excluding hydrogens is 1160 g/mol. The number of aromatic hydroxyl groups is 2. The van der Waals surface area contributed by atoms with Gasteiger partial charge < -0.3 is 49.8 Å². The summed E-state index contributed by atoms with van der Waals surface area (Å²) >= 11 is 0. The van der Waals surface area contributed by atoms with E-state index >= 15 is 0 Å². The SMILES string of the molecule is CCN(CC)CCN=c1cc2c(=O)n(CCN(CC)CC)c(=O)c3c(NCCN(CC)CC)cc4c(O)n(CCN(CC)CC)c(=O)c1c4c3-2.CCN(CC)CCN=c1cc2c(=O)n(CCN(CC)CC)c(=O)c3ccc4c(O)n(CCN(CC)CC)c(=O)c1c4c3-2. The van der Waals surface area contributed by atoms with Gasteiger partial charge in [-0.25, -0.2) is 0 Å². The van der Waals surface area contributed by atoms with E-state index in [0.29, 0.717) is 147 Å². The fraction of sp³-hybridized carbons (Fsp3) is 0.600. The van der Waals surface area contributed by atoms with Crippen LogP contribution < -0.4 is 49.4 Å². The van der Waals surface area contributed by atoms with Gasteiger partial charge in [-0.15, -0.1) is 0 Å². The molecule has 504 valence electrons. The number of hydrogen-bond donors (Lipinski definition) is 3. The molecule has 0 unspecified atom stereocenters. The number of hydrogen-bond acceptors (Lipinski definition) is 18. The molecule has 2 aliphatic heterocycles. The number of pyridine rings is 4. The maximum absolute atomic E-state index is 14.5. The summed E-state index contributed by atoms with van der Waals surface area (Å²) in [5, 5.41) is 30.8. The number of anilines is 1. The van der Waals surface area contributed by atoms with E-state index in [1.54, 1.807) is 30.3 Å². The van der Waals surface area contributed by atoms with Crippen molar-refractivity contribution in [2.45, 2.75) is 123 Å². The molecule has 4 aliphatic rings. The van der Waals surface area contributed by atoms with Crippen molar-refractivity contribution in [3.05, 3.63) is 103 Å². The molecule has 0 amide bonds. The Hall–Kier alpha value is -6.92. The van der Waals surface area contributed by atoms with Crippen LogP contribution in [0.5, 0.6) is 11.8 Å². The summed E-state index contributed by atoms with van der Waals surface area (Å²) < 4.78 is 5.49. The van der Waals surface area contributed by atoms with Crippen LogP contribution in [0.4, 0.5) is 5.69 Å². The molecule has 2 aromatic carbocycles. The van der Waals surface area contributed by atoms with Gasteiger partial charge in [-0.05, 0) is 122 Å². The molecule has 0 spiro atoms. The predicted octanol–water partition coefficient (Wildman–Crippen LogP) is 5.33. The summed E-state index contributed by atoms with van der Waals surface area (Å²) in [7, 11) is 0. The standard InChI is InChI=1S/C38H60N8O4.C32H46N6O4/c1-9-41(10-2)19-17-39-29-25-27-32-31-28(36(48)45(37(49)33(29)31)23-21-43(13-5)14-6)26-30(40-18-20-42(11-3)12-4)34(32)38(50)46(35(27)47)24-22-44(15-7)16-8;1-7-34(8-2)16-15-33-25-21-24-26-22(29(39)37(31(24)41)19-17-35(9-3)10-4)13-14-23-27(26)28(25)32(42)38(30(23)40)20-18-36(11-5)12-6/h25-26,39,47H,9-24H2,1-8H3;13-14,21,40H,7-12,15-20H2,1-6H3. The van der Waals surface area contributed by atoms with Gasteiger partial charge in [-0.3, -0.25) is 57.0 Å². The summed E-state index contributed by atoms with van der Waals surface area (Å²) in [5.74, 6) is -0.315. The van der Waals surface area contributed by atoms with E-state index in [1.165, 1.54) is 18.3 Å². The van der Waals surface area contributed by atoms with Crippen molar-refractivity contribution in [1.82, 2.24) is 52.6 Å². The van der Waals surface area contributed by atoms with Gasteiger partial charge in [0, 0.05) is 122 Å². The monoisotopic (exact) mass is 1270 g/mol. The summed E-state index contributed by atoms with van der Waals surface area (Å²) in [5.41, 5.74) is -0.192. The lowest BCUT2D eigenvalue weighted by atomic mass is 9.89. The van der Waals surface area contributed by atoms with Crippen LogP contribution in [0.3, 0.4) is 0 Å². The second-order valence-electron chi connectivity index (χ2n) is 23.6. The molecule has 4 heterocycles. The molecule has 92 heavy (non-hydrogen) atoms. The van der Waals surface area contributed by atoms with Crippen molar-refractivity contribution in [1.29, 1.82) is 0 Å². The van der Waals surface area contributed by atoms with Crippen LogP contribution in [0.15, 0.2) is 69.1 Å². The summed E-state index contributed by atoms with van der Waals surface area (Å²) in [6.45, 7) is 48.1. The van der Waals surface area contributed by atoms with Gasteiger partial charge in [0.05, 0.1) is 51.1 Å². The van der Waals surface area contributed by atoms with Crippen molar-refractivity contribution in [3.63, 3.8) is 0 Å². The lowest BCUT2D eigenvalue weighted by molar-refractivity contribution is 0.281. The Morgan fingerprint density at radius 1 is 0.348 bits per heavy atom. The van der Waals surface area contributed by atoms with E-state index in [4.69, 9.17) is 9.98 Å². The molecule has 22 nitrogen and oxygen atoms in total. The zero-order valence-corrected chi connectivity index (χ0v) is 57.8. The molecule has 22 heteroatoms. The summed E-state index contributed by atoms with van der Waals surface area (Å²) in [6, 6.07) is 8.59. The minimum atomic E-state index is -0.399. The molecule has 0 saturated heterocycles. The number of benzene rings is 4. The fourth-order valence-electron chi connectivity index (χ4n) is 13.1. The Morgan fingerprint density at radius 3 is 1.09 bits per heavy atom. The quantitative estimate of drug-likeness (QED) is 0.0423. The van der Waals surface area contributed by atoms with E-state index < -0.39 is 5.56 Å². The second-order valence-corrected chi connectivity index (χ2v) is 23.6. The minimum absolute atomic E-state index is 0.152. The Morgan fingerprint density at radius 2 is 0.674 bits per heavy atom. The lowest BCUT2D eigenvalue weighted by Crippen LogP contribution is -2.40. The van der Waals surface area contributed by atoms with Crippen LogP contribution in [-0.4, -0.2) is 220 Å². The van der Waals surface area contributed by atoms with Crippen LogP contribution in [0, 0.1) is 0 Å². The van der Waals surface area contributed by atoms with Crippen LogP contribution in [-0.2, 0) is 26.2 Å². The molecule has 0 saturated carbocycles. The van der Waals surface area contributed by atoms with Crippen molar-refractivity contribution in [2.24, 2.45) is 9.98 Å². The highest BCUT2D eigenvalue weighted by molar-refractivity contribution is 6.19. The Balaban J connectivity index is 0.000000265. The van der Waals surface area contributed by atoms with Crippen LogP contribution >= 0.6 is 0 Å². The van der Waals surface area contributed by atoms with E-state index in [0.717, 1.165) is 98.2 Å². The first kappa shape index (κ1) is 72.5. The fourth-order valence-corrected chi connectivity index (χ4v) is 13.1. The Bertz CT molecular complexity index is 4120. The third kappa shape index (κ3) is 15.2. The molecule has 0 fully saturated rings. The maximum Gasteiger partial charge on any atom is 0.263 e. The van der Waals surface area contributed by atoms with Crippen LogP contribution in [0.2, 0.25) is 0 Å². The number of aromatic nitrogens is 4. The van der Waals surface area contributed by atoms with Gasteiger partial charge in [0.15, 0.2) is 0 Å². The van der Waals surface area contributed by atoms with Gasteiger partial charge in [-0.2, -0.15) is 0 Å². The third-order valence-corrected chi connectivity index (χ3v) is 19.4. The molecule has 4 aromatic rings. The smallest absolute Gasteiger partial charge is 0.263 e. The number of likely N-dealkylation sites (N-methyl/N-ethyl adjacent to an activating group) is 7. The normalized spacial score (nSPS) is 12.9. The molecular formula is C70H106N14O8. The zero-order chi connectivity index (χ0) is 67.1. The molecule has 0 bridgehead atoms. The van der Waals surface area contributed by atoms with Crippen LogP contribution in [0.1, 0.15) is 96.9 Å². The summed E-state index contributed by atoms with van der Waals surface area (Å²) in [4.78, 5) is 110. The maximum atomic E-state index is 14.5. The van der Waals surface area contributed by atoms with E-state index in [1.807, 2.05) is 0 Å².